The highest BCUT2D eigenvalue weighted by Gasteiger charge is 2.09. The van der Waals surface area contributed by atoms with Gasteiger partial charge in [-0.05, 0) is 53.5 Å². The maximum absolute atomic E-state index is 11.8. The van der Waals surface area contributed by atoms with E-state index in [1.807, 2.05) is 38.1 Å². The van der Waals surface area contributed by atoms with E-state index in [4.69, 9.17) is 9.47 Å². The molecule has 0 radical (unpaired) electrons. The molecule has 1 aromatic carbocycles. The summed E-state index contributed by atoms with van der Waals surface area (Å²) in [5.74, 6) is 0.431. The van der Waals surface area contributed by atoms with E-state index in [0.29, 0.717) is 0 Å². The lowest BCUT2D eigenvalue weighted by molar-refractivity contribution is -0.145. The first kappa shape index (κ1) is 15.6. The van der Waals surface area contributed by atoms with Crippen LogP contribution in [0, 0.1) is 13.8 Å². The van der Waals surface area contributed by atoms with Gasteiger partial charge >= 0.3 is 5.97 Å². The number of esters is 1. The Labute approximate surface area is 132 Å². The predicted molar refractivity (Wildman–Crippen MR) is 82.2 cm³/mol. The molecule has 6 heteroatoms. The van der Waals surface area contributed by atoms with Crippen LogP contribution in [0.3, 0.4) is 0 Å². The van der Waals surface area contributed by atoms with Gasteiger partial charge in [-0.25, -0.2) is 0 Å². The zero-order chi connectivity index (χ0) is 15.4. The Morgan fingerprint density at radius 1 is 1.33 bits per heavy atom. The number of methoxy groups -OCH3 is 1. The van der Waals surface area contributed by atoms with Gasteiger partial charge in [0.25, 0.3) is 0 Å². The fourth-order valence-electron chi connectivity index (χ4n) is 1.97. The number of halogens is 1. The van der Waals surface area contributed by atoms with E-state index in [2.05, 4.69) is 21.0 Å². The van der Waals surface area contributed by atoms with Crippen molar-refractivity contribution in [2.75, 3.05) is 7.11 Å². The molecule has 0 unspecified atom stereocenters. The maximum atomic E-state index is 11.8. The zero-order valence-electron chi connectivity index (χ0n) is 12.2. The molecule has 5 nitrogen and oxygen atoms in total. The molecule has 0 saturated heterocycles. The maximum Gasteiger partial charge on any atom is 0.328 e. The van der Waals surface area contributed by atoms with Crippen LogP contribution >= 0.6 is 15.9 Å². The summed E-state index contributed by atoms with van der Waals surface area (Å²) in [4.78, 5) is 11.8. The topological polar surface area (TPSA) is 53.4 Å². The molecule has 0 bridgehead atoms. The third-order valence-electron chi connectivity index (χ3n) is 3.00. The Bertz CT molecular complexity index is 652. The largest absolute Gasteiger partial charge is 0.496 e. The van der Waals surface area contributed by atoms with Gasteiger partial charge in [-0.15, -0.1) is 0 Å². The van der Waals surface area contributed by atoms with E-state index in [-0.39, 0.29) is 19.1 Å². The van der Waals surface area contributed by atoms with Crippen LogP contribution in [0.15, 0.2) is 28.7 Å². The van der Waals surface area contributed by atoms with Crippen LogP contribution in [0.2, 0.25) is 0 Å². The lowest BCUT2D eigenvalue weighted by Crippen LogP contribution is -2.15. The van der Waals surface area contributed by atoms with Gasteiger partial charge in [0.1, 0.15) is 18.9 Å². The lowest BCUT2D eigenvalue weighted by Gasteiger charge is -2.08. The molecule has 0 aliphatic carbocycles. The lowest BCUT2D eigenvalue weighted by atomic mass is 10.2. The predicted octanol–water partition coefficient (Wildman–Crippen LogP) is 3.01. The molecule has 2 aromatic rings. The highest BCUT2D eigenvalue weighted by atomic mass is 79.9. The second-order valence-electron chi connectivity index (χ2n) is 4.71. The minimum absolute atomic E-state index is 0.122. The summed E-state index contributed by atoms with van der Waals surface area (Å²) in [6, 6.07) is 7.48. The van der Waals surface area contributed by atoms with Crippen LogP contribution in [0.5, 0.6) is 5.75 Å². The second-order valence-corrected chi connectivity index (χ2v) is 5.57. The van der Waals surface area contributed by atoms with Crippen molar-refractivity contribution < 1.29 is 14.3 Å². The molecule has 0 aliphatic rings. The molecule has 0 saturated carbocycles. The van der Waals surface area contributed by atoms with Crippen molar-refractivity contribution in [3.05, 3.63) is 45.7 Å². The molecule has 0 spiro atoms. The van der Waals surface area contributed by atoms with Crippen molar-refractivity contribution in [2.24, 2.45) is 0 Å². The third kappa shape index (κ3) is 4.07. The summed E-state index contributed by atoms with van der Waals surface area (Å²) in [6.45, 7) is 4.15. The summed E-state index contributed by atoms with van der Waals surface area (Å²) in [5, 5.41) is 4.23. The number of benzene rings is 1. The van der Waals surface area contributed by atoms with E-state index >= 15 is 0 Å². The molecule has 0 fully saturated rings. The molecule has 1 aromatic heterocycles. The highest BCUT2D eigenvalue weighted by Crippen LogP contribution is 2.25. The van der Waals surface area contributed by atoms with Gasteiger partial charge < -0.3 is 9.47 Å². The van der Waals surface area contributed by atoms with Gasteiger partial charge in [0, 0.05) is 5.69 Å². The van der Waals surface area contributed by atoms with E-state index in [9.17, 15) is 4.79 Å². The number of nitrogens with zero attached hydrogens (tertiary/aromatic N) is 2. The average molecular weight is 353 g/mol. The summed E-state index contributed by atoms with van der Waals surface area (Å²) < 4.78 is 12.9. The second kappa shape index (κ2) is 6.76. The number of rotatable bonds is 5. The number of carbonyl (C=O) groups is 1. The van der Waals surface area contributed by atoms with Crippen LogP contribution in [0.4, 0.5) is 0 Å². The number of aryl methyl sites for hydroxylation is 2. The van der Waals surface area contributed by atoms with Gasteiger partial charge in [0.05, 0.1) is 17.3 Å². The van der Waals surface area contributed by atoms with E-state index in [1.54, 1.807) is 11.8 Å². The van der Waals surface area contributed by atoms with Crippen molar-refractivity contribution in [3.8, 4) is 5.75 Å². The Morgan fingerprint density at radius 3 is 2.67 bits per heavy atom. The summed E-state index contributed by atoms with van der Waals surface area (Å²) in [5.41, 5.74) is 2.72. The number of hydrogen-bond acceptors (Lipinski definition) is 4. The van der Waals surface area contributed by atoms with E-state index in [1.165, 1.54) is 0 Å². The van der Waals surface area contributed by atoms with Crippen molar-refractivity contribution >= 4 is 21.9 Å². The Hall–Kier alpha value is -1.82. The molecule has 1 heterocycles. The Balaban J connectivity index is 1.92. The van der Waals surface area contributed by atoms with Crippen LogP contribution in [-0.4, -0.2) is 22.9 Å². The fraction of sp³-hybridized carbons (Fsp3) is 0.333. The van der Waals surface area contributed by atoms with Gasteiger partial charge in [-0.2, -0.15) is 5.10 Å². The fourth-order valence-corrected chi connectivity index (χ4v) is 2.55. The first-order valence-corrected chi connectivity index (χ1v) is 7.28. The number of ether oxygens (including phenoxy) is 2. The highest BCUT2D eigenvalue weighted by molar-refractivity contribution is 9.10. The molecule has 0 N–H and O–H groups in total. The zero-order valence-corrected chi connectivity index (χ0v) is 13.8. The first-order valence-electron chi connectivity index (χ1n) is 6.48. The molecular formula is C15H17BrN2O3. The SMILES string of the molecule is COc1ccc(COC(=O)Cn2nc(C)cc2C)cc1Br. The van der Waals surface area contributed by atoms with Gasteiger partial charge in [-0.3, -0.25) is 9.48 Å². The van der Waals surface area contributed by atoms with Gasteiger partial charge in [-0.1, -0.05) is 6.07 Å². The van der Waals surface area contributed by atoms with Crippen molar-refractivity contribution in [3.63, 3.8) is 0 Å². The van der Waals surface area contributed by atoms with Crippen molar-refractivity contribution in [1.82, 2.24) is 9.78 Å². The molecular weight excluding hydrogens is 336 g/mol. The first-order chi connectivity index (χ1) is 9.99. The summed E-state index contributed by atoms with van der Waals surface area (Å²) >= 11 is 3.40. The van der Waals surface area contributed by atoms with E-state index < -0.39 is 0 Å². The smallest absolute Gasteiger partial charge is 0.328 e. The average Bonchev–Trinajstić information content (AvgIpc) is 2.74. The Kier molecular flexibility index (Phi) is 5.01. The molecule has 0 atom stereocenters. The van der Waals surface area contributed by atoms with E-state index in [0.717, 1.165) is 27.2 Å². The monoisotopic (exact) mass is 352 g/mol. The molecule has 2 rings (SSSR count). The molecule has 21 heavy (non-hydrogen) atoms. The number of aromatic nitrogens is 2. The minimum Gasteiger partial charge on any atom is -0.496 e. The van der Waals surface area contributed by atoms with Crippen LogP contribution in [0.1, 0.15) is 17.0 Å². The molecule has 0 aliphatic heterocycles. The summed E-state index contributed by atoms with van der Waals surface area (Å²) in [7, 11) is 1.61. The van der Waals surface area contributed by atoms with Crippen LogP contribution < -0.4 is 4.74 Å². The van der Waals surface area contributed by atoms with Crippen LogP contribution in [-0.2, 0) is 22.7 Å². The standard InChI is InChI=1S/C15H17BrN2O3/c1-10-6-11(2)18(17-10)8-15(19)21-9-12-4-5-14(20-3)13(16)7-12/h4-7H,8-9H2,1-3H3. The number of carbonyl (C=O) groups excluding carboxylic acids is 1. The Morgan fingerprint density at radius 2 is 2.10 bits per heavy atom. The number of hydrogen-bond donors (Lipinski definition) is 0. The van der Waals surface area contributed by atoms with Crippen LogP contribution in [0.25, 0.3) is 0 Å². The molecule has 0 amide bonds. The van der Waals surface area contributed by atoms with Crippen molar-refractivity contribution in [1.29, 1.82) is 0 Å². The normalized spacial score (nSPS) is 10.5. The van der Waals surface area contributed by atoms with Crippen molar-refractivity contribution in [2.45, 2.75) is 27.0 Å². The summed E-state index contributed by atoms with van der Waals surface area (Å²) in [6.07, 6.45) is 0. The van der Waals surface area contributed by atoms with Gasteiger partial charge in [0.2, 0.25) is 0 Å². The minimum atomic E-state index is -0.312. The molecule has 112 valence electrons. The third-order valence-corrected chi connectivity index (χ3v) is 3.62. The quantitative estimate of drug-likeness (QED) is 0.776. The van der Waals surface area contributed by atoms with Gasteiger partial charge in [0.15, 0.2) is 0 Å².